The Morgan fingerprint density at radius 2 is 2.08 bits per heavy atom. The minimum Gasteiger partial charge on any atom is -0.504 e. The number of hydrogen-bond donors (Lipinski definition) is 1. The number of aromatic nitrogens is 2. The summed E-state index contributed by atoms with van der Waals surface area (Å²) in [4.78, 5) is 14.0. The highest BCUT2D eigenvalue weighted by atomic mass is 19.4. The Labute approximate surface area is 141 Å². The molecule has 1 unspecified atom stereocenters. The van der Waals surface area contributed by atoms with E-state index in [0.29, 0.717) is 19.7 Å². The van der Waals surface area contributed by atoms with E-state index in [1.807, 2.05) is 0 Å². The molecule has 0 spiro atoms. The van der Waals surface area contributed by atoms with Gasteiger partial charge in [-0.2, -0.15) is 18.3 Å². The lowest BCUT2D eigenvalue weighted by Crippen LogP contribution is -2.44. The third-order valence-corrected chi connectivity index (χ3v) is 3.88. The summed E-state index contributed by atoms with van der Waals surface area (Å²) in [6, 6.07) is 4.82. The largest absolute Gasteiger partial charge is 0.504 e. The van der Waals surface area contributed by atoms with Gasteiger partial charge in [0.05, 0.1) is 30.2 Å². The summed E-state index contributed by atoms with van der Waals surface area (Å²) in [5.41, 5.74) is -1.46. The molecule has 1 aromatic carbocycles. The highest BCUT2D eigenvalue weighted by molar-refractivity contribution is 5.95. The third-order valence-electron chi connectivity index (χ3n) is 3.88. The lowest BCUT2D eigenvalue weighted by atomic mass is 10.2. The number of nitrogens with zero attached hydrogens (tertiary/aromatic N) is 3. The quantitative estimate of drug-likeness (QED) is 0.899. The maximum Gasteiger partial charge on any atom is 0.418 e. The van der Waals surface area contributed by atoms with E-state index in [-0.39, 0.29) is 17.5 Å². The molecule has 1 fully saturated rings. The molecule has 9 heteroatoms. The maximum atomic E-state index is 13.1. The highest BCUT2D eigenvalue weighted by Gasteiger charge is 2.34. The zero-order chi connectivity index (χ0) is 18.2. The summed E-state index contributed by atoms with van der Waals surface area (Å²) in [6.45, 7) is 2.81. The van der Waals surface area contributed by atoms with Crippen molar-refractivity contribution in [1.82, 2.24) is 14.7 Å². The second-order valence-corrected chi connectivity index (χ2v) is 5.76. The van der Waals surface area contributed by atoms with Gasteiger partial charge in [0.2, 0.25) is 0 Å². The molecule has 1 aromatic heterocycles. The van der Waals surface area contributed by atoms with Gasteiger partial charge in [0, 0.05) is 13.1 Å². The van der Waals surface area contributed by atoms with Gasteiger partial charge in [-0.05, 0) is 19.1 Å². The van der Waals surface area contributed by atoms with Crippen LogP contribution in [0.2, 0.25) is 0 Å². The van der Waals surface area contributed by atoms with Crippen molar-refractivity contribution in [2.24, 2.45) is 0 Å². The molecule has 0 bridgehead atoms. The number of aromatic hydroxyl groups is 1. The minimum atomic E-state index is -4.58. The Balaban J connectivity index is 1.95. The van der Waals surface area contributed by atoms with Crippen molar-refractivity contribution >= 4 is 5.91 Å². The number of carbonyl (C=O) groups is 1. The minimum absolute atomic E-state index is 0.159. The molecule has 1 N–H and O–H groups in total. The van der Waals surface area contributed by atoms with Gasteiger partial charge in [-0.1, -0.05) is 12.1 Å². The van der Waals surface area contributed by atoms with Crippen molar-refractivity contribution < 1.29 is 27.8 Å². The van der Waals surface area contributed by atoms with Crippen LogP contribution in [0.1, 0.15) is 23.0 Å². The molecule has 25 heavy (non-hydrogen) atoms. The van der Waals surface area contributed by atoms with Crippen LogP contribution >= 0.6 is 0 Å². The van der Waals surface area contributed by atoms with Crippen LogP contribution in [-0.2, 0) is 10.9 Å². The number of para-hydroxylation sites is 1. The van der Waals surface area contributed by atoms with Gasteiger partial charge >= 0.3 is 6.18 Å². The van der Waals surface area contributed by atoms with E-state index in [9.17, 15) is 23.1 Å². The molecule has 2 aromatic rings. The molecule has 0 aliphatic carbocycles. The first-order chi connectivity index (χ1) is 11.8. The predicted molar refractivity (Wildman–Crippen MR) is 81.5 cm³/mol. The van der Waals surface area contributed by atoms with Crippen LogP contribution in [0, 0.1) is 0 Å². The fraction of sp³-hybridized carbons (Fsp3) is 0.375. The van der Waals surface area contributed by atoms with Crippen molar-refractivity contribution in [1.29, 1.82) is 0 Å². The molecular formula is C16H16F3N3O3. The Bertz CT molecular complexity index is 788. The molecule has 6 nitrogen and oxygen atoms in total. The number of carbonyl (C=O) groups excluding carboxylic acids is 1. The van der Waals surface area contributed by atoms with Gasteiger partial charge in [0.25, 0.3) is 5.91 Å². The summed E-state index contributed by atoms with van der Waals surface area (Å²) in [6.07, 6.45) is -3.74. The van der Waals surface area contributed by atoms with Gasteiger partial charge < -0.3 is 14.7 Å². The standard InChI is InChI=1S/C16H16F3N3O3/c1-10-8-21(6-7-25-10)15(24)14-13(23)9-22(20-14)12-5-3-2-4-11(12)16(17,18)19/h2-5,9-10,23H,6-8H2,1H3. The fourth-order valence-corrected chi connectivity index (χ4v) is 2.71. The van der Waals surface area contributed by atoms with Gasteiger partial charge in [-0.25, -0.2) is 4.68 Å². The van der Waals surface area contributed by atoms with Gasteiger partial charge in [-0.15, -0.1) is 0 Å². The molecule has 1 aliphatic heterocycles. The van der Waals surface area contributed by atoms with E-state index in [1.54, 1.807) is 6.92 Å². The van der Waals surface area contributed by atoms with Crippen LogP contribution in [-0.4, -0.2) is 51.5 Å². The zero-order valence-corrected chi connectivity index (χ0v) is 13.3. The lowest BCUT2D eigenvalue weighted by molar-refractivity contribution is -0.137. The Hall–Kier alpha value is -2.55. The van der Waals surface area contributed by atoms with E-state index in [4.69, 9.17) is 4.74 Å². The Morgan fingerprint density at radius 3 is 2.76 bits per heavy atom. The first kappa shape index (κ1) is 17.3. The van der Waals surface area contributed by atoms with Crippen molar-refractivity contribution in [3.63, 3.8) is 0 Å². The van der Waals surface area contributed by atoms with E-state index in [2.05, 4.69) is 5.10 Å². The summed E-state index contributed by atoms with van der Waals surface area (Å²) >= 11 is 0. The molecule has 0 saturated carbocycles. The highest BCUT2D eigenvalue weighted by Crippen LogP contribution is 2.34. The maximum absolute atomic E-state index is 13.1. The number of benzene rings is 1. The average molecular weight is 355 g/mol. The topological polar surface area (TPSA) is 67.6 Å². The number of amides is 1. The first-order valence-electron chi connectivity index (χ1n) is 7.63. The fourth-order valence-electron chi connectivity index (χ4n) is 2.71. The van der Waals surface area contributed by atoms with Crippen LogP contribution < -0.4 is 0 Å². The molecule has 2 heterocycles. The van der Waals surface area contributed by atoms with Crippen molar-refractivity contribution in [2.45, 2.75) is 19.2 Å². The summed E-state index contributed by atoms with van der Waals surface area (Å²) < 4.78 is 45.6. The molecule has 3 rings (SSSR count). The predicted octanol–water partition coefficient (Wildman–Crippen LogP) is 2.46. The van der Waals surface area contributed by atoms with Crippen LogP contribution in [0.15, 0.2) is 30.5 Å². The number of rotatable bonds is 2. The summed E-state index contributed by atoms with van der Waals surface area (Å²) in [5.74, 6) is -1.02. The zero-order valence-electron chi connectivity index (χ0n) is 13.3. The first-order valence-corrected chi connectivity index (χ1v) is 7.63. The van der Waals surface area contributed by atoms with Crippen LogP contribution in [0.5, 0.6) is 5.75 Å². The van der Waals surface area contributed by atoms with Gasteiger partial charge in [0.1, 0.15) is 0 Å². The smallest absolute Gasteiger partial charge is 0.418 e. The van der Waals surface area contributed by atoms with Crippen molar-refractivity contribution in [2.75, 3.05) is 19.7 Å². The molecule has 1 aliphatic rings. The number of halogens is 3. The van der Waals surface area contributed by atoms with Crippen LogP contribution in [0.3, 0.4) is 0 Å². The van der Waals surface area contributed by atoms with E-state index in [1.165, 1.54) is 23.1 Å². The van der Waals surface area contributed by atoms with Crippen molar-refractivity contribution in [3.05, 3.63) is 41.7 Å². The molecule has 1 atom stereocenters. The SMILES string of the molecule is CC1CN(C(=O)c2nn(-c3ccccc3C(F)(F)F)cc2O)CCO1. The normalized spacial score (nSPS) is 18.4. The van der Waals surface area contributed by atoms with Crippen LogP contribution in [0.4, 0.5) is 13.2 Å². The Kier molecular flexibility index (Phi) is 4.42. The van der Waals surface area contributed by atoms with Crippen molar-refractivity contribution in [3.8, 4) is 11.4 Å². The third kappa shape index (κ3) is 3.46. The molecule has 134 valence electrons. The number of ether oxygens (including phenoxy) is 1. The van der Waals surface area contributed by atoms with E-state index < -0.39 is 23.4 Å². The van der Waals surface area contributed by atoms with E-state index in [0.717, 1.165) is 16.9 Å². The molecular weight excluding hydrogens is 339 g/mol. The monoisotopic (exact) mass is 355 g/mol. The van der Waals surface area contributed by atoms with Gasteiger partial charge in [0.15, 0.2) is 11.4 Å². The summed E-state index contributed by atoms with van der Waals surface area (Å²) in [7, 11) is 0. The number of morpholine rings is 1. The van der Waals surface area contributed by atoms with Crippen LogP contribution in [0.25, 0.3) is 5.69 Å². The van der Waals surface area contributed by atoms with E-state index >= 15 is 0 Å². The molecule has 0 radical (unpaired) electrons. The molecule has 1 saturated heterocycles. The number of alkyl halides is 3. The van der Waals surface area contributed by atoms with Gasteiger partial charge in [-0.3, -0.25) is 4.79 Å². The second kappa shape index (κ2) is 6.40. The average Bonchev–Trinajstić information content (AvgIpc) is 2.95. The lowest BCUT2D eigenvalue weighted by Gasteiger charge is -2.30. The second-order valence-electron chi connectivity index (χ2n) is 5.76. The summed E-state index contributed by atoms with van der Waals surface area (Å²) in [5, 5.41) is 13.9. The molecule has 1 amide bonds. The Morgan fingerprint density at radius 1 is 1.36 bits per heavy atom. The number of hydrogen-bond acceptors (Lipinski definition) is 4.